The minimum absolute atomic E-state index is 0.113. The highest BCUT2D eigenvalue weighted by Crippen LogP contribution is 2.17. The van der Waals surface area contributed by atoms with E-state index in [1.165, 1.54) is 5.57 Å². The Morgan fingerprint density at radius 2 is 2.00 bits per heavy atom. The summed E-state index contributed by atoms with van der Waals surface area (Å²) < 4.78 is 0. The molecule has 1 aliphatic carbocycles. The first-order valence-electron chi connectivity index (χ1n) is 8.23. The number of benzene rings is 1. The number of rotatable bonds is 7. The van der Waals surface area contributed by atoms with Crippen LogP contribution in [0.15, 0.2) is 72.5 Å². The largest absolute Gasteiger partial charge is 0.330 e. The van der Waals surface area contributed by atoms with Crippen molar-refractivity contribution in [3.8, 4) is 0 Å². The average Bonchev–Trinajstić information content (AvgIpc) is 3.07. The van der Waals surface area contributed by atoms with E-state index in [4.69, 9.17) is 0 Å². The quantitative estimate of drug-likeness (QED) is 0.692. The lowest BCUT2D eigenvalue weighted by Crippen LogP contribution is -2.21. The van der Waals surface area contributed by atoms with Gasteiger partial charge >= 0.3 is 0 Å². The molecule has 2 heteroatoms. The molecule has 120 valence electrons. The summed E-state index contributed by atoms with van der Waals surface area (Å²) in [6.07, 6.45) is 12.7. The number of nitrogens with one attached hydrogen (secondary N) is 1. The molecule has 0 bridgehead atoms. The highest BCUT2D eigenvalue weighted by atomic mass is 16.1. The maximum atomic E-state index is 11.9. The lowest BCUT2D eigenvalue weighted by atomic mass is 10.0. The first-order valence-corrected chi connectivity index (χ1v) is 8.23. The molecule has 1 aromatic carbocycles. The van der Waals surface area contributed by atoms with Gasteiger partial charge in [0.2, 0.25) is 5.91 Å². The molecule has 0 heterocycles. The van der Waals surface area contributed by atoms with Gasteiger partial charge < -0.3 is 5.32 Å². The Bertz CT molecular complexity index is 635. The van der Waals surface area contributed by atoms with Gasteiger partial charge in [-0.3, -0.25) is 4.79 Å². The summed E-state index contributed by atoms with van der Waals surface area (Å²) >= 11 is 0. The van der Waals surface area contributed by atoms with E-state index in [1.807, 2.05) is 24.3 Å². The zero-order valence-electron chi connectivity index (χ0n) is 13.8. The van der Waals surface area contributed by atoms with Gasteiger partial charge in [0.1, 0.15) is 0 Å². The van der Waals surface area contributed by atoms with E-state index >= 15 is 0 Å². The zero-order chi connectivity index (χ0) is 16.5. The third-order valence-electron chi connectivity index (χ3n) is 3.96. The van der Waals surface area contributed by atoms with Crippen LogP contribution in [0, 0.1) is 0 Å². The summed E-state index contributed by atoms with van der Waals surface area (Å²) in [5, 5.41) is 3.00. The summed E-state index contributed by atoms with van der Waals surface area (Å²) in [7, 11) is 0. The van der Waals surface area contributed by atoms with Crippen molar-refractivity contribution in [3.63, 3.8) is 0 Å². The van der Waals surface area contributed by atoms with Gasteiger partial charge in [-0.2, -0.15) is 0 Å². The number of hydrogen-bond donors (Lipinski definition) is 1. The molecule has 0 unspecified atom stereocenters. The first kappa shape index (κ1) is 17.0. The second-order valence-electron chi connectivity index (χ2n) is 5.87. The minimum Gasteiger partial charge on any atom is -0.330 e. The van der Waals surface area contributed by atoms with Crippen LogP contribution in [-0.4, -0.2) is 5.91 Å². The predicted octanol–water partition coefficient (Wildman–Crippen LogP) is 5.17. The van der Waals surface area contributed by atoms with Crippen molar-refractivity contribution in [1.29, 1.82) is 0 Å². The number of amides is 1. The summed E-state index contributed by atoms with van der Waals surface area (Å²) in [4.78, 5) is 11.9. The van der Waals surface area contributed by atoms with Gasteiger partial charge in [0.15, 0.2) is 0 Å². The Labute approximate surface area is 139 Å². The number of hydrogen-bond acceptors (Lipinski definition) is 1. The van der Waals surface area contributed by atoms with Crippen molar-refractivity contribution in [3.05, 3.63) is 78.0 Å². The maximum Gasteiger partial charge on any atom is 0.224 e. The summed E-state index contributed by atoms with van der Waals surface area (Å²) in [6, 6.07) is 10.2. The molecule has 0 saturated carbocycles. The van der Waals surface area contributed by atoms with Crippen molar-refractivity contribution in [2.24, 2.45) is 0 Å². The Balaban J connectivity index is 1.87. The average molecular weight is 307 g/mol. The van der Waals surface area contributed by atoms with Crippen molar-refractivity contribution in [2.75, 3.05) is 0 Å². The maximum absolute atomic E-state index is 11.9. The highest BCUT2D eigenvalue weighted by molar-refractivity contribution is 5.78. The Hall–Kier alpha value is -2.35. The molecular weight excluding hydrogens is 282 g/mol. The number of carbonyl (C=O) groups excluding carboxylic acids is 1. The van der Waals surface area contributed by atoms with Crippen LogP contribution in [0.5, 0.6) is 0 Å². The Morgan fingerprint density at radius 1 is 1.22 bits per heavy atom. The lowest BCUT2D eigenvalue weighted by Gasteiger charge is -2.06. The molecule has 0 fully saturated rings. The molecule has 2 rings (SSSR count). The predicted molar refractivity (Wildman–Crippen MR) is 97.7 cm³/mol. The second-order valence-corrected chi connectivity index (χ2v) is 5.87. The molecular formula is C21H25NO. The van der Waals surface area contributed by atoms with Crippen LogP contribution >= 0.6 is 0 Å². The first-order chi connectivity index (χ1) is 11.2. The van der Waals surface area contributed by atoms with E-state index in [0.717, 1.165) is 42.5 Å². The molecule has 0 spiro atoms. The van der Waals surface area contributed by atoms with Crippen LogP contribution < -0.4 is 5.32 Å². The van der Waals surface area contributed by atoms with Crippen LogP contribution in [0.2, 0.25) is 0 Å². The fourth-order valence-corrected chi connectivity index (χ4v) is 2.56. The van der Waals surface area contributed by atoms with E-state index in [9.17, 15) is 4.79 Å². The van der Waals surface area contributed by atoms with E-state index in [0.29, 0.717) is 6.42 Å². The third-order valence-corrected chi connectivity index (χ3v) is 3.96. The number of carbonyl (C=O) groups is 1. The fraction of sp³-hybridized carbons (Fsp3) is 0.286. The number of allylic oxidation sites excluding steroid dienone is 7. The molecule has 23 heavy (non-hydrogen) atoms. The molecule has 0 aromatic heterocycles. The standard InChI is InChI=1S/C21H25NO/c1-3-18(19-9-5-4-6-10-19)15-13-17(2)14-16-21(23)22-20-11-7-8-12-20/h3-6,9-11,13,15H,1,7-8,12,14,16H2,2H3,(H,22,23)/b17-13+,18-15+. The van der Waals surface area contributed by atoms with Gasteiger partial charge in [0.25, 0.3) is 0 Å². The highest BCUT2D eigenvalue weighted by Gasteiger charge is 2.08. The topological polar surface area (TPSA) is 29.1 Å². The molecule has 1 N–H and O–H groups in total. The van der Waals surface area contributed by atoms with E-state index in [1.54, 1.807) is 0 Å². The summed E-state index contributed by atoms with van der Waals surface area (Å²) in [5.41, 5.74) is 4.52. The van der Waals surface area contributed by atoms with Gasteiger partial charge in [-0.25, -0.2) is 0 Å². The van der Waals surface area contributed by atoms with Crippen LogP contribution in [0.3, 0.4) is 0 Å². The molecule has 1 amide bonds. The van der Waals surface area contributed by atoms with Gasteiger partial charge in [0, 0.05) is 12.1 Å². The lowest BCUT2D eigenvalue weighted by molar-refractivity contribution is -0.120. The van der Waals surface area contributed by atoms with Crippen LogP contribution in [0.25, 0.3) is 5.57 Å². The molecule has 0 aliphatic heterocycles. The van der Waals surface area contributed by atoms with Crippen LogP contribution in [-0.2, 0) is 4.79 Å². The van der Waals surface area contributed by atoms with Crippen molar-refractivity contribution >= 4 is 11.5 Å². The van der Waals surface area contributed by atoms with Crippen molar-refractivity contribution < 1.29 is 4.79 Å². The molecule has 1 aliphatic rings. The van der Waals surface area contributed by atoms with Crippen molar-refractivity contribution in [1.82, 2.24) is 5.32 Å². The molecule has 0 radical (unpaired) electrons. The Morgan fingerprint density at radius 3 is 2.65 bits per heavy atom. The zero-order valence-corrected chi connectivity index (χ0v) is 13.8. The van der Waals surface area contributed by atoms with Gasteiger partial charge in [-0.1, -0.05) is 66.8 Å². The SMILES string of the molecule is C=C/C(=C\C=C(/C)CCC(=O)NC1=CCCC1)c1ccccc1. The van der Waals surface area contributed by atoms with Crippen LogP contribution in [0.4, 0.5) is 0 Å². The van der Waals surface area contributed by atoms with Gasteiger partial charge in [-0.05, 0) is 43.7 Å². The monoisotopic (exact) mass is 307 g/mol. The van der Waals surface area contributed by atoms with E-state index < -0.39 is 0 Å². The normalized spacial score (nSPS) is 15.3. The van der Waals surface area contributed by atoms with Crippen LogP contribution in [0.1, 0.15) is 44.6 Å². The fourth-order valence-electron chi connectivity index (χ4n) is 2.56. The molecule has 1 aromatic rings. The van der Waals surface area contributed by atoms with Gasteiger partial charge in [-0.15, -0.1) is 0 Å². The second kappa shape index (κ2) is 8.94. The van der Waals surface area contributed by atoms with Gasteiger partial charge in [0.05, 0.1) is 0 Å². The minimum atomic E-state index is 0.113. The molecule has 0 atom stereocenters. The van der Waals surface area contributed by atoms with E-state index in [-0.39, 0.29) is 5.91 Å². The third kappa shape index (κ3) is 5.74. The summed E-state index contributed by atoms with van der Waals surface area (Å²) in [5.74, 6) is 0.113. The smallest absolute Gasteiger partial charge is 0.224 e. The molecule has 2 nitrogen and oxygen atoms in total. The van der Waals surface area contributed by atoms with Crippen molar-refractivity contribution in [2.45, 2.75) is 39.0 Å². The molecule has 0 saturated heterocycles. The Kier molecular flexibility index (Phi) is 6.61. The van der Waals surface area contributed by atoms with E-state index in [2.05, 4.69) is 49.2 Å². The summed E-state index contributed by atoms with van der Waals surface area (Å²) in [6.45, 7) is 5.94.